The number of hydrogen-bond donors (Lipinski definition) is 2. The number of aromatic nitrogens is 8. The number of amides is 1. The molecule has 4 heterocycles. The van der Waals surface area contributed by atoms with Gasteiger partial charge in [-0.05, 0) is 32.0 Å². The number of carbonyl (C=O) groups excluding carboxylic acids is 1. The van der Waals surface area contributed by atoms with Gasteiger partial charge in [0.15, 0.2) is 5.65 Å². The maximum absolute atomic E-state index is 12.8. The lowest BCUT2D eigenvalue weighted by Gasteiger charge is -2.10. The molecule has 0 atom stereocenters. The molecule has 0 saturated carbocycles. The number of carbonyl (C=O) groups is 1. The SMILES string of the molecule is Cc1cc(C)n2nc(C(=O)Nc3ccccc3-n3ncc4c(=O)[nH]cnc43)nc2n1. The predicted octanol–water partition coefficient (Wildman–Crippen LogP) is 1.42. The number of para-hydroxylation sites is 2. The first kappa shape index (κ1) is 17.7. The average molecular weight is 401 g/mol. The molecule has 0 radical (unpaired) electrons. The Labute approximate surface area is 168 Å². The number of fused-ring (bicyclic) bond motifs is 2. The van der Waals surface area contributed by atoms with Crippen molar-refractivity contribution in [1.29, 1.82) is 0 Å². The van der Waals surface area contributed by atoms with Crippen LogP contribution in [-0.2, 0) is 0 Å². The molecule has 0 unspecified atom stereocenters. The van der Waals surface area contributed by atoms with Crippen LogP contribution in [0.15, 0.2) is 47.7 Å². The number of rotatable bonds is 3. The molecule has 0 saturated heterocycles. The molecule has 5 aromatic rings. The second-order valence-electron chi connectivity index (χ2n) is 6.68. The molecule has 11 heteroatoms. The number of benzene rings is 1. The van der Waals surface area contributed by atoms with E-state index in [0.717, 1.165) is 11.4 Å². The van der Waals surface area contributed by atoms with Crippen LogP contribution in [0.1, 0.15) is 22.0 Å². The van der Waals surface area contributed by atoms with Crippen molar-refractivity contribution in [3.05, 3.63) is 70.4 Å². The molecule has 5 rings (SSSR count). The van der Waals surface area contributed by atoms with Crippen LogP contribution in [0.2, 0.25) is 0 Å². The van der Waals surface area contributed by atoms with Crippen LogP contribution in [0, 0.1) is 13.8 Å². The van der Waals surface area contributed by atoms with Crippen molar-refractivity contribution >= 4 is 28.4 Å². The molecule has 4 aromatic heterocycles. The van der Waals surface area contributed by atoms with Gasteiger partial charge < -0.3 is 10.3 Å². The van der Waals surface area contributed by atoms with Gasteiger partial charge in [0.2, 0.25) is 5.82 Å². The Morgan fingerprint density at radius 1 is 1.17 bits per heavy atom. The molecule has 2 N–H and O–H groups in total. The fourth-order valence-corrected chi connectivity index (χ4v) is 3.24. The van der Waals surface area contributed by atoms with Crippen molar-refractivity contribution in [2.24, 2.45) is 0 Å². The minimum Gasteiger partial charge on any atom is -0.317 e. The molecule has 0 bridgehead atoms. The summed E-state index contributed by atoms with van der Waals surface area (Å²) in [6, 6.07) is 8.91. The van der Waals surface area contributed by atoms with E-state index in [1.54, 1.807) is 24.3 Å². The van der Waals surface area contributed by atoms with E-state index in [2.05, 4.69) is 35.5 Å². The predicted molar refractivity (Wildman–Crippen MR) is 108 cm³/mol. The van der Waals surface area contributed by atoms with E-state index >= 15 is 0 Å². The summed E-state index contributed by atoms with van der Waals surface area (Å²) in [5.41, 5.74) is 2.71. The molecule has 0 spiro atoms. The van der Waals surface area contributed by atoms with Gasteiger partial charge in [-0.3, -0.25) is 9.59 Å². The van der Waals surface area contributed by atoms with Crippen molar-refractivity contribution < 1.29 is 4.79 Å². The number of nitrogens with one attached hydrogen (secondary N) is 2. The third-order valence-corrected chi connectivity index (χ3v) is 4.57. The minimum atomic E-state index is -0.493. The van der Waals surface area contributed by atoms with Crippen molar-refractivity contribution in [2.45, 2.75) is 13.8 Å². The highest BCUT2D eigenvalue weighted by Crippen LogP contribution is 2.22. The average Bonchev–Trinajstić information content (AvgIpc) is 3.34. The summed E-state index contributed by atoms with van der Waals surface area (Å²) < 4.78 is 3.01. The van der Waals surface area contributed by atoms with E-state index in [4.69, 9.17) is 0 Å². The van der Waals surface area contributed by atoms with Crippen molar-refractivity contribution in [3.63, 3.8) is 0 Å². The number of aromatic amines is 1. The quantitative estimate of drug-likeness (QED) is 0.466. The monoisotopic (exact) mass is 401 g/mol. The second kappa shape index (κ2) is 6.58. The highest BCUT2D eigenvalue weighted by Gasteiger charge is 2.18. The van der Waals surface area contributed by atoms with E-state index in [0.29, 0.717) is 28.2 Å². The van der Waals surface area contributed by atoms with E-state index in [9.17, 15) is 9.59 Å². The molecule has 0 fully saturated rings. The van der Waals surface area contributed by atoms with Crippen molar-refractivity contribution in [1.82, 2.24) is 39.3 Å². The molecule has 1 aromatic carbocycles. The molecule has 11 nitrogen and oxygen atoms in total. The minimum absolute atomic E-state index is 0.00843. The summed E-state index contributed by atoms with van der Waals surface area (Å²) in [4.78, 5) is 40.1. The number of anilines is 1. The van der Waals surface area contributed by atoms with Gasteiger partial charge in [-0.15, -0.1) is 5.10 Å². The van der Waals surface area contributed by atoms with Gasteiger partial charge in [0.25, 0.3) is 17.2 Å². The lowest BCUT2D eigenvalue weighted by molar-refractivity contribution is 0.101. The number of H-pyrrole nitrogens is 1. The summed E-state index contributed by atoms with van der Waals surface area (Å²) in [6.45, 7) is 3.72. The molecule has 0 aliphatic heterocycles. The summed E-state index contributed by atoms with van der Waals surface area (Å²) >= 11 is 0. The normalized spacial score (nSPS) is 11.3. The fraction of sp³-hybridized carbons (Fsp3) is 0.105. The highest BCUT2D eigenvalue weighted by atomic mass is 16.2. The summed E-state index contributed by atoms with van der Waals surface area (Å²) in [7, 11) is 0. The zero-order valence-electron chi connectivity index (χ0n) is 16.0. The Bertz CT molecular complexity index is 1500. The standard InChI is InChI=1S/C19H15N9O2/c1-10-7-11(2)27-19(23-10)25-15(26-27)18(30)24-13-5-3-4-6-14(13)28-16-12(8-22-28)17(29)21-9-20-16/h3-9H,1-2H3,(H,24,30)(H,20,21,29). The van der Waals surface area contributed by atoms with E-state index < -0.39 is 5.91 Å². The van der Waals surface area contributed by atoms with Crippen LogP contribution in [0.3, 0.4) is 0 Å². The van der Waals surface area contributed by atoms with Gasteiger partial charge in [0.1, 0.15) is 5.39 Å². The Hall–Kier alpha value is -4.41. The number of hydrogen-bond acceptors (Lipinski definition) is 7. The van der Waals surface area contributed by atoms with Crippen LogP contribution in [0.25, 0.3) is 22.5 Å². The van der Waals surface area contributed by atoms with Crippen LogP contribution in [0.4, 0.5) is 5.69 Å². The summed E-state index contributed by atoms with van der Waals surface area (Å²) in [6.07, 6.45) is 2.74. The van der Waals surface area contributed by atoms with E-state index in [-0.39, 0.29) is 11.4 Å². The molecule has 148 valence electrons. The maximum Gasteiger partial charge on any atom is 0.295 e. The Morgan fingerprint density at radius 3 is 2.87 bits per heavy atom. The molecule has 0 aliphatic carbocycles. The summed E-state index contributed by atoms with van der Waals surface area (Å²) in [5, 5.41) is 11.7. The first-order chi connectivity index (χ1) is 14.5. The van der Waals surface area contributed by atoms with Gasteiger partial charge in [-0.25, -0.2) is 19.2 Å². The zero-order valence-corrected chi connectivity index (χ0v) is 16.0. The van der Waals surface area contributed by atoms with Gasteiger partial charge in [-0.1, -0.05) is 12.1 Å². The third-order valence-electron chi connectivity index (χ3n) is 4.57. The lowest BCUT2D eigenvalue weighted by Crippen LogP contribution is -2.16. The largest absolute Gasteiger partial charge is 0.317 e. The molecule has 30 heavy (non-hydrogen) atoms. The van der Waals surface area contributed by atoms with E-state index in [1.807, 2.05) is 19.9 Å². The highest BCUT2D eigenvalue weighted by molar-refractivity contribution is 6.03. The third kappa shape index (κ3) is 2.80. The van der Waals surface area contributed by atoms with Crippen molar-refractivity contribution in [2.75, 3.05) is 5.32 Å². The molecule has 1 amide bonds. The van der Waals surface area contributed by atoms with Crippen LogP contribution in [0.5, 0.6) is 0 Å². The van der Waals surface area contributed by atoms with Gasteiger partial charge >= 0.3 is 0 Å². The van der Waals surface area contributed by atoms with E-state index in [1.165, 1.54) is 21.7 Å². The molecule has 0 aliphatic rings. The van der Waals surface area contributed by atoms with Gasteiger partial charge in [0, 0.05) is 11.4 Å². The Morgan fingerprint density at radius 2 is 2.00 bits per heavy atom. The molecular formula is C19H15N9O2. The first-order valence-electron chi connectivity index (χ1n) is 9.04. The van der Waals surface area contributed by atoms with Crippen molar-refractivity contribution in [3.8, 4) is 5.69 Å². The topological polar surface area (TPSA) is 136 Å². The smallest absolute Gasteiger partial charge is 0.295 e. The van der Waals surface area contributed by atoms with Crippen LogP contribution >= 0.6 is 0 Å². The maximum atomic E-state index is 12.8. The van der Waals surface area contributed by atoms with Crippen LogP contribution in [-0.4, -0.2) is 45.2 Å². The first-order valence-corrected chi connectivity index (χ1v) is 9.04. The number of aryl methyl sites for hydroxylation is 2. The number of nitrogens with zero attached hydrogens (tertiary/aromatic N) is 7. The second-order valence-corrected chi connectivity index (χ2v) is 6.68. The molecular weight excluding hydrogens is 386 g/mol. The Kier molecular flexibility index (Phi) is 3.88. The zero-order chi connectivity index (χ0) is 20.8. The summed E-state index contributed by atoms with van der Waals surface area (Å²) in [5.74, 6) is -0.148. The van der Waals surface area contributed by atoms with Gasteiger partial charge in [0.05, 0.1) is 23.9 Å². The van der Waals surface area contributed by atoms with Crippen LogP contribution < -0.4 is 10.9 Å². The Balaban J connectivity index is 1.55. The van der Waals surface area contributed by atoms with Gasteiger partial charge in [-0.2, -0.15) is 10.1 Å². The fourth-order valence-electron chi connectivity index (χ4n) is 3.24. The lowest BCUT2D eigenvalue weighted by atomic mass is 10.2.